The summed E-state index contributed by atoms with van der Waals surface area (Å²) in [6, 6.07) is 13.5. The zero-order valence-corrected chi connectivity index (χ0v) is 15.7. The Labute approximate surface area is 166 Å². The Morgan fingerprint density at radius 1 is 1.07 bits per heavy atom. The number of ketones is 1. The molecule has 1 atom stereocenters. The van der Waals surface area contributed by atoms with Crippen LogP contribution in [0.5, 0.6) is 0 Å². The lowest BCUT2D eigenvalue weighted by atomic mass is 9.77. The van der Waals surface area contributed by atoms with E-state index in [4.69, 9.17) is 11.6 Å². The van der Waals surface area contributed by atoms with Crippen LogP contribution >= 0.6 is 11.6 Å². The highest BCUT2D eigenvalue weighted by Gasteiger charge is 2.40. The first-order chi connectivity index (χ1) is 13.5. The predicted octanol–water partition coefficient (Wildman–Crippen LogP) is 4.78. The van der Waals surface area contributed by atoms with Gasteiger partial charge in [-0.1, -0.05) is 41.9 Å². The summed E-state index contributed by atoms with van der Waals surface area (Å²) >= 11 is 6.30. The van der Waals surface area contributed by atoms with Gasteiger partial charge in [0.1, 0.15) is 0 Å². The topological polar surface area (TPSA) is 80.5 Å². The van der Waals surface area contributed by atoms with Gasteiger partial charge < -0.3 is 0 Å². The number of nitro benzene ring substituents is 1. The molecule has 7 heteroatoms. The Kier molecular flexibility index (Phi) is 4.73. The predicted molar refractivity (Wildman–Crippen MR) is 105 cm³/mol. The molecule has 1 aliphatic heterocycles. The van der Waals surface area contributed by atoms with E-state index in [1.54, 1.807) is 0 Å². The molecular weight excluding hydrogens is 380 g/mol. The van der Waals surface area contributed by atoms with Gasteiger partial charge in [0.25, 0.3) is 5.69 Å². The average Bonchev–Trinajstić information content (AvgIpc) is 2.69. The van der Waals surface area contributed by atoms with E-state index in [1.807, 2.05) is 30.3 Å². The molecule has 1 heterocycles. The number of non-ortho nitro benzene ring substituents is 1. The van der Waals surface area contributed by atoms with Crippen molar-refractivity contribution in [2.24, 2.45) is 0 Å². The Morgan fingerprint density at radius 2 is 1.82 bits per heavy atom. The number of hydrogen-bond donors (Lipinski definition) is 0. The number of nitrogens with zero attached hydrogens (tertiary/aromatic N) is 2. The Morgan fingerprint density at radius 3 is 2.54 bits per heavy atom. The van der Waals surface area contributed by atoms with Crippen molar-refractivity contribution in [1.82, 2.24) is 0 Å². The number of amides is 1. The number of benzene rings is 2. The zero-order valence-electron chi connectivity index (χ0n) is 14.9. The summed E-state index contributed by atoms with van der Waals surface area (Å²) < 4.78 is 0. The number of hydrogen-bond acceptors (Lipinski definition) is 4. The van der Waals surface area contributed by atoms with Gasteiger partial charge in [-0.15, -0.1) is 0 Å². The van der Waals surface area contributed by atoms with Crippen molar-refractivity contribution in [1.29, 1.82) is 0 Å². The molecule has 0 bridgehead atoms. The first kappa shape index (κ1) is 18.4. The average molecular weight is 397 g/mol. The number of carbonyl (C=O) groups is 2. The molecule has 0 N–H and O–H groups in total. The number of Topliss-reactive ketones (excluding diaryl/α,β-unsaturated/α-hetero) is 1. The number of carbonyl (C=O) groups excluding carboxylic acids is 2. The van der Waals surface area contributed by atoms with E-state index in [0.717, 1.165) is 5.56 Å². The second-order valence-electron chi connectivity index (χ2n) is 6.93. The zero-order chi connectivity index (χ0) is 19.8. The third-order valence-electron chi connectivity index (χ3n) is 5.26. The maximum Gasteiger partial charge on any atom is 0.271 e. The maximum atomic E-state index is 13.1. The minimum Gasteiger partial charge on any atom is -0.294 e. The van der Waals surface area contributed by atoms with Gasteiger partial charge in [0, 0.05) is 42.2 Å². The fourth-order valence-corrected chi connectivity index (χ4v) is 4.23. The third-order valence-corrected chi connectivity index (χ3v) is 5.58. The second-order valence-corrected chi connectivity index (χ2v) is 7.33. The van der Waals surface area contributed by atoms with E-state index in [1.165, 1.54) is 23.1 Å². The van der Waals surface area contributed by atoms with Gasteiger partial charge in [-0.25, -0.2) is 0 Å². The summed E-state index contributed by atoms with van der Waals surface area (Å²) in [6.45, 7) is 0. The number of rotatable bonds is 3. The van der Waals surface area contributed by atoms with Crippen molar-refractivity contribution in [2.45, 2.75) is 31.6 Å². The first-order valence-electron chi connectivity index (χ1n) is 9.05. The summed E-state index contributed by atoms with van der Waals surface area (Å²) in [5.41, 5.74) is 2.27. The van der Waals surface area contributed by atoms with Crippen LogP contribution in [0, 0.1) is 10.1 Å². The Hall–Kier alpha value is -2.99. The normalized spacial score (nSPS) is 19.6. The molecular formula is C21H17ClN2O4. The first-order valence-corrected chi connectivity index (χ1v) is 9.43. The van der Waals surface area contributed by atoms with Crippen molar-refractivity contribution in [3.63, 3.8) is 0 Å². The van der Waals surface area contributed by atoms with E-state index in [2.05, 4.69) is 0 Å². The van der Waals surface area contributed by atoms with Crippen molar-refractivity contribution in [3.05, 3.63) is 80.5 Å². The van der Waals surface area contributed by atoms with Crippen LogP contribution in [0.1, 0.15) is 37.2 Å². The van der Waals surface area contributed by atoms with Gasteiger partial charge in [0.2, 0.25) is 5.91 Å². The third kappa shape index (κ3) is 3.10. The molecule has 2 aliphatic rings. The molecule has 142 valence electrons. The highest BCUT2D eigenvalue weighted by molar-refractivity contribution is 6.34. The maximum absolute atomic E-state index is 13.1. The number of anilines is 1. The van der Waals surface area contributed by atoms with Crippen molar-refractivity contribution in [2.75, 3.05) is 4.90 Å². The van der Waals surface area contributed by atoms with Crippen LogP contribution in [0.4, 0.5) is 11.4 Å². The largest absolute Gasteiger partial charge is 0.294 e. The van der Waals surface area contributed by atoms with E-state index in [9.17, 15) is 19.7 Å². The molecule has 2 aromatic rings. The van der Waals surface area contributed by atoms with E-state index in [-0.39, 0.29) is 40.4 Å². The summed E-state index contributed by atoms with van der Waals surface area (Å²) in [4.78, 5) is 38.0. The minimum atomic E-state index is -0.525. The SMILES string of the molecule is O=C1CCCC2=C1C(c1ccccc1)CC(=O)N2c1cc([N+](=O)[O-])ccc1Cl. The second kappa shape index (κ2) is 7.20. The molecule has 4 rings (SSSR count). The summed E-state index contributed by atoms with van der Waals surface area (Å²) in [7, 11) is 0. The van der Waals surface area contributed by atoms with Gasteiger partial charge >= 0.3 is 0 Å². The lowest BCUT2D eigenvalue weighted by Gasteiger charge is -2.38. The summed E-state index contributed by atoms with van der Waals surface area (Å²) in [5, 5.41) is 11.4. The highest BCUT2D eigenvalue weighted by Crippen LogP contribution is 2.45. The molecule has 0 saturated carbocycles. The van der Waals surface area contributed by atoms with Crippen LogP contribution in [-0.2, 0) is 9.59 Å². The molecule has 0 saturated heterocycles. The molecule has 2 aromatic carbocycles. The fraction of sp³-hybridized carbons (Fsp3) is 0.238. The minimum absolute atomic E-state index is 0.0224. The molecule has 0 radical (unpaired) electrons. The van der Waals surface area contributed by atoms with Gasteiger partial charge in [0.15, 0.2) is 5.78 Å². The van der Waals surface area contributed by atoms with Crippen LogP contribution < -0.4 is 4.90 Å². The van der Waals surface area contributed by atoms with Crippen LogP contribution in [0.3, 0.4) is 0 Å². The lowest BCUT2D eigenvalue weighted by molar-refractivity contribution is -0.384. The van der Waals surface area contributed by atoms with Gasteiger partial charge in [-0.3, -0.25) is 24.6 Å². The number of nitro groups is 1. The molecule has 0 spiro atoms. The smallest absolute Gasteiger partial charge is 0.271 e. The Bertz CT molecular complexity index is 1020. The van der Waals surface area contributed by atoms with Crippen molar-refractivity contribution >= 4 is 34.7 Å². The monoisotopic (exact) mass is 396 g/mol. The van der Waals surface area contributed by atoms with Crippen LogP contribution in [-0.4, -0.2) is 16.6 Å². The molecule has 1 amide bonds. The van der Waals surface area contributed by atoms with Gasteiger partial charge in [0.05, 0.1) is 15.6 Å². The van der Waals surface area contributed by atoms with Crippen LogP contribution in [0.2, 0.25) is 5.02 Å². The van der Waals surface area contributed by atoms with Crippen LogP contribution in [0.15, 0.2) is 59.8 Å². The molecule has 0 fully saturated rings. The Balaban J connectivity index is 1.89. The van der Waals surface area contributed by atoms with Crippen LogP contribution in [0.25, 0.3) is 0 Å². The molecule has 28 heavy (non-hydrogen) atoms. The fourth-order valence-electron chi connectivity index (χ4n) is 4.03. The quantitative estimate of drug-likeness (QED) is 0.552. The molecule has 0 aromatic heterocycles. The van der Waals surface area contributed by atoms with E-state index >= 15 is 0 Å². The van der Waals surface area contributed by atoms with E-state index in [0.29, 0.717) is 30.5 Å². The van der Waals surface area contributed by atoms with E-state index < -0.39 is 4.92 Å². The van der Waals surface area contributed by atoms with Gasteiger partial charge in [-0.05, 0) is 24.5 Å². The van der Waals surface area contributed by atoms with Crippen molar-refractivity contribution < 1.29 is 14.5 Å². The van der Waals surface area contributed by atoms with Crippen molar-refractivity contribution in [3.8, 4) is 0 Å². The summed E-state index contributed by atoms with van der Waals surface area (Å²) in [6.07, 6.45) is 1.74. The molecule has 1 aliphatic carbocycles. The lowest BCUT2D eigenvalue weighted by Crippen LogP contribution is -2.40. The highest BCUT2D eigenvalue weighted by atomic mass is 35.5. The summed E-state index contributed by atoms with van der Waals surface area (Å²) in [5.74, 6) is -0.496. The van der Waals surface area contributed by atoms with Gasteiger partial charge in [-0.2, -0.15) is 0 Å². The standard InChI is InChI=1S/C21H17ClN2O4/c22-16-10-9-14(24(27)28)11-18(16)23-17-7-4-8-19(25)21(17)15(12-20(23)26)13-5-2-1-3-6-13/h1-3,5-6,9-11,15H,4,7-8,12H2. The number of halogens is 1. The molecule has 1 unspecified atom stereocenters. The molecule has 6 nitrogen and oxygen atoms in total. The number of allylic oxidation sites excluding steroid dienone is 2.